The molecule has 2 N–H and O–H groups in total. The molecule has 0 saturated carbocycles. The van der Waals surface area contributed by atoms with Crippen LogP contribution in [0.5, 0.6) is 0 Å². The first-order chi connectivity index (χ1) is 8.99. The molecule has 112 valence electrons. The topological polar surface area (TPSA) is 69.6 Å². The van der Waals surface area contributed by atoms with Crippen LogP contribution in [0.25, 0.3) is 0 Å². The molecule has 2 aliphatic heterocycles. The molecule has 2 aliphatic rings. The molecule has 2 fully saturated rings. The zero-order valence-corrected chi connectivity index (χ0v) is 12.5. The van der Waals surface area contributed by atoms with Crippen LogP contribution in [-0.4, -0.2) is 55.9 Å². The van der Waals surface area contributed by atoms with E-state index in [0.717, 1.165) is 32.4 Å². The quantitative estimate of drug-likeness (QED) is 0.787. The first-order valence-corrected chi connectivity index (χ1v) is 8.96. The van der Waals surface area contributed by atoms with Crippen molar-refractivity contribution in [2.75, 3.05) is 31.9 Å². The molecule has 0 aromatic carbocycles. The Morgan fingerprint density at radius 3 is 2.58 bits per heavy atom. The second kappa shape index (κ2) is 6.52. The zero-order valence-electron chi connectivity index (χ0n) is 11.7. The van der Waals surface area contributed by atoms with Crippen LogP contribution in [-0.2, 0) is 10.0 Å². The maximum Gasteiger partial charge on any atom is 0.214 e. The Kier molecular flexibility index (Phi) is 5.22. The largest absolute Gasteiger partial charge is 0.393 e. The van der Waals surface area contributed by atoms with Crippen molar-refractivity contribution in [3.8, 4) is 0 Å². The van der Waals surface area contributed by atoms with E-state index in [1.807, 2.05) is 6.92 Å². The number of aliphatic hydroxyl groups is 1. The lowest BCUT2D eigenvalue weighted by Gasteiger charge is -2.34. The van der Waals surface area contributed by atoms with Gasteiger partial charge in [0.1, 0.15) is 0 Å². The predicted molar refractivity (Wildman–Crippen MR) is 75.4 cm³/mol. The van der Waals surface area contributed by atoms with Crippen molar-refractivity contribution in [1.82, 2.24) is 9.62 Å². The van der Waals surface area contributed by atoms with Crippen LogP contribution in [0.15, 0.2) is 0 Å². The highest BCUT2D eigenvalue weighted by Crippen LogP contribution is 2.22. The van der Waals surface area contributed by atoms with Crippen molar-refractivity contribution in [2.45, 2.75) is 38.7 Å². The number of sulfonamides is 1. The smallest absolute Gasteiger partial charge is 0.214 e. The van der Waals surface area contributed by atoms with Gasteiger partial charge in [0.2, 0.25) is 10.0 Å². The van der Waals surface area contributed by atoms with Gasteiger partial charge in [-0.3, -0.25) is 0 Å². The number of hydrogen-bond acceptors (Lipinski definition) is 4. The minimum absolute atomic E-state index is 0.0439. The highest BCUT2D eigenvalue weighted by molar-refractivity contribution is 7.89. The van der Waals surface area contributed by atoms with E-state index in [4.69, 9.17) is 0 Å². The lowest BCUT2D eigenvalue weighted by atomic mass is 9.96. The van der Waals surface area contributed by atoms with Crippen LogP contribution >= 0.6 is 0 Å². The maximum atomic E-state index is 12.3. The van der Waals surface area contributed by atoms with Gasteiger partial charge >= 0.3 is 0 Å². The van der Waals surface area contributed by atoms with Crippen LogP contribution < -0.4 is 5.32 Å². The summed E-state index contributed by atoms with van der Waals surface area (Å²) in [5, 5.41) is 13.0. The van der Waals surface area contributed by atoms with Gasteiger partial charge in [-0.2, -0.15) is 0 Å². The van der Waals surface area contributed by atoms with E-state index in [0.29, 0.717) is 25.4 Å². The van der Waals surface area contributed by atoms with Gasteiger partial charge < -0.3 is 10.4 Å². The number of rotatable bonds is 4. The van der Waals surface area contributed by atoms with Gasteiger partial charge in [-0.1, -0.05) is 6.92 Å². The molecule has 2 saturated heterocycles. The summed E-state index contributed by atoms with van der Waals surface area (Å²) in [6.07, 6.45) is 3.16. The predicted octanol–water partition coefficient (Wildman–Crippen LogP) is 0.409. The Labute approximate surface area is 116 Å². The number of piperidine rings is 2. The van der Waals surface area contributed by atoms with Crippen LogP contribution in [0, 0.1) is 11.8 Å². The van der Waals surface area contributed by atoms with E-state index in [1.54, 1.807) is 4.31 Å². The molecule has 5 nitrogen and oxygen atoms in total. The fraction of sp³-hybridized carbons (Fsp3) is 1.00. The van der Waals surface area contributed by atoms with Crippen molar-refractivity contribution in [3.05, 3.63) is 0 Å². The van der Waals surface area contributed by atoms with Crippen molar-refractivity contribution in [2.24, 2.45) is 11.8 Å². The van der Waals surface area contributed by atoms with E-state index in [9.17, 15) is 13.5 Å². The lowest BCUT2D eigenvalue weighted by molar-refractivity contribution is 0.0628. The van der Waals surface area contributed by atoms with Gasteiger partial charge in [0.15, 0.2) is 0 Å². The molecule has 0 amide bonds. The normalized spacial score (nSPS) is 31.5. The second-order valence-electron chi connectivity index (χ2n) is 5.99. The SMILES string of the molecule is CC1CN(S(=O)(=O)CCC2CCNCC2)CCC1O. The van der Waals surface area contributed by atoms with Crippen molar-refractivity contribution < 1.29 is 13.5 Å². The molecule has 0 aliphatic carbocycles. The second-order valence-corrected chi connectivity index (χ2v) is 8.08. The minimum atomic E-state index is -3.14. The van der Waals surface area contributed by atoms with Gasteiger partial charge in [-0.15, -0.1) is 0 Å². The van der Waals surface area contributed by atoms with E-state index >= 15 is 0 Å². The lowest BCUT2D eigenvalue weighted by Crippen LogP contribution is -2.46. The number of nitrogens with one attached hydrogen (secondary N) is 1. The fourth-order valence-electron chi connectivity index (χ4n) is 2.96. The molecular weight excluding hydrogens is 264 g/mol. The molecule has 6 heteroatoms. The minimum Gasteiger partial charge on any atom is -0.393 e. The Bertz CT molecular complexity index is 379. The molecule has 0 spiro atoms. The van der Waals surface area contributed by atoms with E-state index in [1.165, 1.54) is 0 Å². The third-order valence-electron chi connectivity index (χ3n) is 4.46. The van der Waals surface area contributed by atoms with Crippen LogP contribution in [0.4, 0.5) is 0 Å². The van der Waals surface area contributed by atoms with Crippen LogP contribution in [0.1, 0.15) is 32.6 Å². The number of hydrogen-bond donors (Lipinski definition) is 2. The first kappa shape index (κ1) is 15.2. The van der Waals surface area contributed by atoms with E-state index in [2.05, 4.69) is 5.32 Å². The molecule has 0 aromatic rings. The maximum absolute atomic E-state index is 12.3. The summed E-state index contributed by atoms with van der Waals surface area (Å²) in [4.78, 5) is 0. The van der Waals surface area contributed by atoms with Gasteiger partial charge in [0.25, 0.3) is 0 Å². The van der Waals surface area contributed by atoms with E-state index in [-0.39, 0.29) is 17.8 Å². The standard InChI is InChI=1S/C13H26N2O3S/c1-11-10-15(8-4-13(11)16)19(17,18)9-5-12-2-6-14-7-3-12/h11-14,16H,2-10H2,1H3. The molecular formula is C13H26N2O3S. The average molecular weight is 290 g/mol. The third-order valence-corrected chi connectivity index (χ3v) is 6.33. The summed E-state index contributed by atoms with van der Waals surface area (Å²) in [6.45, 7) is 4.88. The van der Waals surface area contributed by atoms with Crippen molar-refractivity contribution in [1.29, 1.82) is 0 Å². The molecule has 0 aromatic heterocycles. The zero-order chi connectivity index (χ0) is 13.9. The summed E-state index contributed by atoms with van der Waals surface area (Å²) in [7, 11) is -3.14. The summed E-state index contributed by atoms with van der Waals surface area (Å²) >= 11 is 0. The average Bonchev–Trinajstić information content (AvgIpc) is 2.41. The fourth-order valence-corrected chi connectivity index (χ4v) is 4.70. The Morgan fingerprint density at radius 1 is 1.26 bits per heavy atom. The number of aliphatic hydroxyl groups excluding tert-OH is 1. The van der Waals surface area contributed by atoms with Gasteiger partial charge in [-0.05, 0) is 50.6 Å². The van der Waals surface area contributed by atoms with Crippen LogP contribution in [0.2, 0.25) is 0 Å². The highest BCUT2D eigenvalue weighted by atomic mass is 32.2. The van der Waals surface area contributed by atoms with Gasteiger partial charge in [0.05, 0.1) is 11.9 Å². The third kappa shape index (κ3) is 4.15. The first-order valence-electron chi connectivity index (χ1n) is 7.35. The summed E-state index contributed by atoms with van der Waals surface area (Å²) in [5.41, 5.74) is 0. The molecule has 2 atom stereocenters. The van der Waals surface area contributed by atoms with Crippen molar-refractivity contribution >= 4 is 10.0 Å². The molecule has 2 heterocycles. The summed E-state index contributed by atoms with van der Waals surface area (Å²) < 4.78 is 26.2. The molecule has 19 heavy (non-hydrogen) atoms. The Balaban J connectivity index is 1.84. The van der Waals surface area contributed by atoms with Crippen LogP contribution in [0.3, 0.4) is 0 Å². The molecule has 2 rings (SSSR count). The molecule has 2 unspecified atom stereocenters. The molecule has 0 bridgehead atoms. The highest BCUT2D eigenvalue weighted by Gasteiger charge is 2.31. The monoisotopic (exact) mass is 290 g/mol. The number of nitrogens with zero attached hydrogens (tertiary/aromatic N) is 1. The summed E-state index contributed by atoms with van der Waals surface area (Å²) in [6, 6.07) is 0. The van der Waals surface area contributed by atoms with Gasteiger partial charge in [-0.25, -0.2) is 12.7 Å². The van der Waals surface area contributed by atoms with Crippen molar-refractivity contribution in [3.63, 3.8) is 0 Å². The Hall–Kier alpha value is -0.170. The van der Waals surface area contributed by atoms with E-state index < -0.39 is 10.0 Å². The van der Waals surface area contributed by atoms with Gasteiger partial charge in [0, 0.05) is 13.1 Å². The Morgan fingerprint density at radius 2 is 1.95 bits per heavy atom. The molecule has 0 radical (unpaired) electrons. The summed E-state index contributed by atoms with van der Waals surface area (Å²) in [5.74, 6) is 0.853.